The van der Waals surface area contributed by atoms with Crippen LogP contribution in [0.3, 0.4) is 0 Å². The van der Waals surface area contributed by atoms with E-state index in [0.717, 1.165) is 11.3 Å². The number of hydrogen-bond acceptors (Lipinski definition) is 3. The maximum atomic E-state index is 12.2. The maximum absolute atomic E-state index is 12.2. The van der Waals surface area contributed by atoms with Gasteiger partial charge < -0.3 is 20.7 Å². The lowest BCUT2D eigenvalue weighted by Crippen LogP contribution is -2.44. The second kappa shape index (κ2) is 7.15. The third kappa shape index (κ3) is 3.90. The van der Waals surface area contributed by atoms with Crippen molar-refractivity contribution in [3.05, 3.63) is 29.8 Å². The highest BCUT2D eigenvalue weighted by Gasteiger charge is 2.30. The summed E-state index contributed by atoms with van der Waals surface area (Å²) >= 11 is 0. The summed E-state index contributed by atoms with van der Waals surface area (Å²) in [6.45, 7) is 2.93. The Balaban J connectivity index is 1.88. The minimum Gasteiger partial charge on any atom is -0.496 e. The third-order valence-corrected chi connectivity index (χ3v) is 3.97. The highest BCUT2D eigenvalue weighted by atomic mass is 16.5. The predicted octanol–water partition coefficient (Wildman–Crippen LogP) is 1.14. The number of carbonyl (C=O) groups excluding carboxylic acids is 2. The Morgan fingerprint density at radius 1 is 1.45 bits per heavy atom. The van der Waals surface area contributed by atoms with Crippen molar-refractivity contribution in [2.45, 2.75) is 25.8 Å². The Morgan fingerprint density at radius 3 is 2.82 bits per heavy atom. The van der Waals surface area contributed by atoms with Gasteiger partial charge in [-0.15, -0.1) is 0 Å². The fraction of sp³-hybridized carbons (Fsp3) is 0.500. The van der Waals surface area contributed by atoms with Gasteiger partial charge in [0, 0.05) is 19.1 Å². The summed E-state index contributed by atoms with van der Waals surface area (Å²) in [5.74, 6) is 0.256. The number of nitrogens with two attached hydrogens (primary N) is 1. The summed E-state index contributed by atoms with van der Waals surface area (Å²) in [7, 11) is 1.64. The lowest BCUT2D eigenvalue weighted by atomic mass is 10.1. The number of para-hydroxylation sites is 1. The first kappa shape index (κ1) is 16.1. The summed E-state index contributed by atoms with van der Waals surface area (Å²) in [4.78, 5) is 25.0. The standard InChI is InChI=1S/C16H23N3O3/c1-11(9-12-5-3-4-6-14(12)22-2)18-16(21)19-8-7-13(10-19)15(17)20/h3-6,11,13H,7-10H2,1-2H3,(H2,17,20)(H,18,21)/t11-,13-/m0/s1. The Kier molecular flexibility index (Phi) is 5.25. The average Bonchev–Trinajstić information content (AvgIpc) is 2.98. The molecular weight excluding hydrogens is 282 g/mol. The van der Waals surface area contributed by atoms with E-state index in [-0.39, 0.29) is 23.9 Å². The predicted molar refractivity (Wildman–Crippen MR) is 83.6 cm³/mol. The van der Waals surface area contributed by atoms with Crippen molar-refractivity contribution >= 4 is 11.9 Å². The first-order valence-corrected chi connectivity index (χ1v) is 7.48. The number of ether oxygens (including phenoxy) is 1. The van der Waals surface area contributed by atoms with E-state index in [0.29, 0.717) is 25.9 Å². The zero-order valence-corrected chi connectivity index (χ0v) is 13.0. The SMILES string of the molecule is COc1ccccc1C[C@H](C)NC(=O)N1CC[C@H](C(N)=O)C1. The van der Waals surface area contributed by atoms with E-state index < -0.39 is 0 Å². The molecule has 1 aromatic rings. The number of carbonyl (C=O) groups is 2. The monoisotopic (exact) mass is 305 g/mol. The van der Waals surface area contributed by atoms with Gasteiger partial charge in [0.2, 0.25) is 5.91 Å². The third-order valence-electron chi connectivity index (χ3n) is 3.97. The molecule has 3 N–H and O–H groups in total. The number of hydrogen-bond donors (Lipinski definition) is 2. The molecule has 0 saturated carbocycles. The molecule has 120 valence electrons. The molecule has 1 heterocycles. The van der Waals surface area contributed by atoms with Gasteiger partial charge in [-0.05, 0) is 31.4 Å². The van der Waals surface area contributed by atoms with Gasteiger partial charge in [0.1, 0.15) is 5.75 Å². The number of nitrogens with zero attached hydrogens (tertiary/aromatic N) is 1. The number of urea groups is 1. The van der Waals surface area contributed by atoms with Crippen LogP contribution in [0.25, 0.3) is 0 Å². The number of benzene rings is 1. The molecule has 1 fully saturated rings. The van der Waals surface area contributed by atoms with Gasteiger partial charge in [-0.3, -0.25) is 4.79 Å². The van der Waals surface area contributed by atoms with E-state index in [4.69, 9.17) is 10.5 Å². The van der Waals surface area contributed by atoms with E-state index in [1.807, 2.05) is 31.2 Å². The lowest BCUT2D eigenvalue weighted by Gasteiger charge is -2.21. The molecule has 2 atom stereocenters. The lowest BCUT2D eigenvalue weighted by molar-refractivity contribution is -0.121. The van der Waals surface area contributed by atoms with E-state index in [9.17, 15) is 9.59 Å². The van der Waals surface area contributed by atoms with Crippen molar-refractivity contribution in [2.24, 2.45) is 11.7 Å². The molecule has 1 aliphatic heterocycles. The second-order valence-corrected chi connectivity index (χ2v) is 5.70. The van der Waals surface area contributed by atoms with Crippen molar-refractivity contribution in [3.8, 4) is 5.75 Å². The molecule has 0 aromatic heterocycles. The minimum absolute atomic E-state index is 0.0311. The summed E-state index contributed by atoms with van der Waals surface area (Å²) in [5.41, 5.74) is 6.33. The molecule has 0 radical (unpaired) electrons. The first-order chi connectivity index (χ1) is 10.5. The number of amides is 3. The molecule has 1 saturated heterocycles. The van der Waals surface area contributed by atoms with Crippen LogP contribution in [0, 0.1) is 5.92 Å². The van der Waals surface area contributed by atoms with Crippen LogP contribution < -0.4 is 15.8 Å². The maximum Gasteiger partial charge on any atom is 0.317 e. The van der Waals surface area contributed by atoms with Gasteiger partial charge in [0.15, 0.2) is 0 Å². The smallest absolute Gasteiger partial charge is 0.317 e. The molecule has 0 spiro atoms. The van der Waals surface area contributed by atoms with Crippen LogP contribution in [-0.4, -0.2) is 43.1 Å². The largest absolute Gasteiger partial charge is 0.496 e. The van der Waals surface area contributed by atoms with E-state index in [1.54, 1.807) is 12.0 Å². The van der Waals surface area contributed by atoms with Crippen LogP contribution >= 0.6 is 0 Å². The molecular formula is C16H23N3O3. The first-order valence-electron chi connectivity index (χ1n) is 7.48. The van der Waals surface area contributed by atoms with Gasteiger partial charge in [-0.2, -0.15) is 0 Å². The number of rotatable bonds is 5. The topological polar surface area (TPSA) is 84.7 Å². The van der Waals surface area contributed by atoms with Gasteiger partial charge in [0.05, 0.1) is 13.0 Å². The fourth-order valence-corrected chi connectivity index (χ4v) is 2.73. The molecule has 6 heteroatoms. The van der Waals surface area contributed by atoms with Crippen LogP contribution in [-0.2, 0) is 11.2 Å². The normalized spacial score (nSPS) is 18.8. The highest BCUT2D eigenvalue weighted by molar-refractivity contribution is 5.80. The van der Waals surface area contributed by atoms with Gasteiger partial charge in [-0.25, -0.2) is 4.79 Å². The molecule has 1 aromatic carbocycles. The summed E-state index contributed by atoms with van der Waals surface area (Å²) in [5, 5.41) is 2.96. The van der Waals surface area contributed by atoms with Crippen molar-refractivity contribution in [1.82, 2.24) is 10.2 Å². The number of nitrogens with one attached hydrogen (secondary N) is 1. The molecule has 0 aliphatic carbocycles. The molecule has 22 heavy (non-hydrogen) atoms. The molecule has 2 rings (SSSR count). The van der Waals surface area contributed by atoms with Gasteiger partial charge >= 0.3 is 6.03 Å². The second-order valence-electron chi connectivity index (χ2n) is 5.70. The Morgan fingerprint density at radius 2 is 2.18 bits per heavy atom. The van der Waals surface area contributed by atoms with Crippen LogP contribution in [0.5, 0.6) is 5.75 Å². The molecule has 6 nitrogen and oxygen atoms in total. The quantitative estimate of drug-likeness (QED) is 0.855. The average molecular weight is 305 g/mol. The minimum atomic E-state index is -0.336. The van der Waals surface area contributed by atoms with Crippen LogP contribution in [0.1, 0.15) is 18.9 Å². The zero-order chi connectivity index (χ0) is 16.1. The van der Waals surface area contributed by atoms with Gasteiger partial charge in [0.25, 0.3) is 0 Å². The van der Waals surface area contributed by atoms with Crippen molar-refractivity contribution < 1.29 is 14.3 Å². The number of primary amides is 1. The summed E-state index contributed by atoms with van der Waals surface area (Å²) in [6, 6.07) is 7.58. The van der Waals surface area contributed by atoms with E-state index >= 15 is 0 Å². The van der Waals surface area contributed by atoms with Gasteiger partial charge in [-0.1, -0.05) is 18.2 Å². The summed E-state index contributed by atoms with van der Waals surface area (Å²) in [6.07, 6.45) is 1.33. The van der Waals surface area contributed by atoms with E-state index in [1.165, 1.54) is 0 Å². The van der Waals surface area contributed by atoms with Crippen LogP contribution in [0.15, 0.2) is 24.3 Å². The van der Waals surface area contributed by atoms with Crippen molar-refractivity contribution in [3.63, 3.8) is 0 Å². The molecule has 0 bridgehead atoms. The number of methoxy groups -OCH3 is 1. The molecule has 3 amide bonds. The molecule has 0 unspecified atom stereocenters. The van der Waals surface area contributed by atoms with Crippen LogP contribution in [0.2, 0.25) is 0 Å². The Bertz CT molecular complexity index is 547. The van der Waals surface area contributed by atoms with Crippen molar-refractivity contribution in [2.75, 3.05) is 20.2 Å². The van der Waals surface area contributed by atoms with Crippen LogP contribution in [0.4, 0.5) is 4.79 Å². The summed E-state index contributed by atoms with van der Waals surface area (Å²) < 4.78 is 5.32. The number of likely N-dealkylation sites (tertiary alicyclic amines) is 1. The van der Waals surface area contributed by atoms with Crippen molar-refractivity contribution in [1.29, 1.82) is 0 Å². The fourth-order valence-electron chi connectivity index (χ4n) is 2.73. The Hall–Kier alpha value is -2.24. The Labute approximate surface area is 130 Å². The zero-order valence-electron chi connectivity index (χ0n) is 13.0. The molecule has 1 aliphatic rings. The highest BCUT2D eigenvalue weighted by Crippen LogP contribution is 2.19. The van der Waals surface area contributed by atoms with E-state index in [2.05, 4.69) is 5.32 Å².